The molecule has 0 aliphatic rings. The monoisotopic (exact) mass is 291 g/mol. The molecule has 0 spiro atoms. The van der Waals surface area contributed by atoms with E-state index in [1.54, 1.807) is 6.07 Å². The summed E-state index contributed by atoms with van der Waals surface area (Å²) < 4.78 is 38.2. The van der Waals surface area contributed by atoms with E-state index in [-0.39, 0.29) is 21.8 Å². The molecule has 0 bridgehead atoms. The Balaban J connectivity index is 2.45. The van der Waals surface area contributed by atoms with Crippen molar-refractivity contribution in [3.05, 3.63) is 53.5 Å². The molecule has 0 saturated carbocycles. The molecule has 1 heterocycles. The van der Waals surface area contributed by atoms with Crippen LogP contribution in [0.1, 0.15) is 11.1 Å². The summed E-state index contributed by atoms with van der Waals surface area (Å²) in [6, 6.07) is 8.59. The second kappa shape index (κ2) is 5.27. The summed E-state index contributed by atoms with van der Waals surface area (Å²) in [5, 5.41) is 8.44. The average Bonchev–Trinajstić information content (AvgIpc) is 2.41. The maximum absolute atomic E-state index is 13.9. The summed E-state index contributed by atoms with van der Waals surface area (Å²) in [6.07, 6.45) is 1.30. The highest BCUT2D eigenvalue weighted by atomic mass is 32.2. The number of anilines is 1. The summed E-state index contributed by atoms with van der Waals surface area (Å²) in [7, 11) is -3.88. The Hall–Kier alpha value is -2.46. The molecule has 0 aliphatic carbocycles. The van der Waals surface area contributed by atoms with Gasteiger partial charge in [0.2, 0.25) is 9.84 Å². The quantitative estimate of drug-likeness (QED) is 0.927. The van der Waals surface area contributed by atoms with E-state index in [1.807, 2.05) is 0 Å². The molecule has 2 rings (SSSR count). The van der Waals surface area contributed by atoms with Gasteiger partial charge in [-0.3, -0.25) is 0 Å². The van der Waals surface area contributed by atoms with Gasteiger partial charge in [0, 0.05) is 11.8 Å². The second-order valence-electron chi connectivity index (χ2n) is 4.05. The Kier molecular flexibility index (Phi) is 3.68. The molecule has 102 valence electrons. The minimum Gasteiger partial charge on any atom is -0.396 e. The zero-order valence-electron chi connectivity index (χ0n) is 10.2. The maximum atomic E-state index is 13.9. The van der Waals surface area contributed by atoms with E-state index in [2.05, 4.69) is 4.98 Å². The Bertz CT molecular complexity index is 798. The van der Waals surface area contributed by atoms with Crippen LogP contribution >= 0.6 is 0 Å². The van der Waals surface area contributed by atoms with Crippen molar-refractivity contribution in [2.24, 2.45) is 0 Å². The first-order valence-electron chi connectivity index (χ1n) is 5.56. The molecule has 0 radical (unpaired) electrons. The van der Waals surface area contributed by atoms with Crippen molar-refractivity contribution >= 4 is 15.5 Å². The number of hydrogen-bond donors (Lipinski definition) is 1. The number of aromatic nitrogens is 1. The molecule has 0 fully saturated rings. The second-order valence-corrected chi connectivity index (χ2v) is 5.95. The van der Waals surface area contributed by atoms with E-state index >= 15 is 0 Å². The number of nitriles is 1. The van der Waals surface area contributed by atoms with Gasteiger partial charge in [0.25, 0.3) is 0 Å². The molecule has 0 amide bonds. The molecule has 2 aromatic rings. The van der Waals surface area contributed by atoms with Gasteiger partial charge in [0.1, 0.15) is 11.9 Å². The van der Waals surface area contributed by atoms with E-state index in [9.17, 15) is 12.8 Å². The van der Waals surface area contributed by atoms with Gasteiger partial charge in [-0.2, -0.15) is 5.26 Å². The van der Waals surface area contributed by atoms with Gasteiger partial charge in [0.15, 0.2) is 5.03 Å². The third-order valence-electron chi connectivity index (χ3n) is 2.64. The Labute approximate surface area is 115 Å². The van der Waals surface area contributed by atoms with Crippen molar-refractivity contribution in [3.63, 3.8) is 0 Å². The van der Waals surface area contributed by atoms with Crippen molar-refractivity contribution in [3.8, 4) is 6.07 Å². The number of halogens is 1. The summed E-state index contributed by atoms with van der Waals surface area (Å²) in [4.78, 5) is 3.72. The Morgan fingerprint density at radius 2 is 2.05 bits per heavy atom. The summed E-state index contributed by atoms with van der Waals surface area (Å²) in [6.45, 7) is 0. The average molecular weight is 291 g/mol. The lowest BCUT2D eigenvalue weighted by molar-refractivity contribution is 0.583. The zero-order valence-corrected chi connectivity index (χ0v) is 11.1. The highest BCUT2D eigenvalue weighted by molar-refractivity contribution is 7.90. The summed E-state index contributed by atoms with van der Waals surface area (Å²) in [5.41, 5.74) is 5.28. The fourth-order valence-electron chi connectivity index (χ4n) is 1.71. The molecule has 0 saturated heterocycles. The van der Waals surface area contributed by atoms with Gasteiger partial charge in [0.05, 0.1) is 17.0 Å². The van der Waals surface area contributed by atoms with E-state index < -0.39 is 21.4 Å². The minimum atomic E-state index is -3.88. The predicted molar refractivity (Wildman–Crippen MR) is 70.7 cm³/mol. The SMILES string of the molecule is N#Cc1cccc(CS(=O)(=O)c2ncccc2N)c1F. The smallest absolute Gasteiger partial charge is 0.201 e. The molecule has 2 N–H and O–H groups in total. The summed E-state index contributed by atoms with van der Waals surface area (Å²) >= 11 is 0. The van der Waals surface area contributed by atoms with Gasteiger partial charge in [-0.05, 0) is 18.2 Å². The Morgan fingerprint density at radius 1 is 1.30 bits per heavy atom. The fourth-order valence-corrected chi connectivity index (χ4v) is 3.13. The molecule has 5 nitrogen and oxygen atoms in total. The van der Waals surface area contributed by atoms with Crippen molar-refractivity contribution in [2.45, 2.75) is 10.8 Å². The molecule has 20 heavy (non-hydrogen) atoms. The van der Waals surface area contributed by atoms with Crippen molar-refractivity contribution in [2.75, 3.05) is 5.73 Å². The van der Waals surface area contributed by atoms with Gasteiger partial charge >= 0.3 is 0 Å². The van der Waals surface area contributed by atoms with Crippen molar-refractivity contribution < 1.29 is 12.8 Å². The van der Waals surface area contributed by atoms with Crippen LogP contribution in [0.2, 0.25) is 0 Å². The number of hydrogen-bond acceptors (Lipinski definition) is 5. The predicted octanol–water partition coefficient (Wildman–Crippen LogP) is 1.65. The lowest BCUT2D eigenvalue weighted by Crippen LogP contribution is -2.11. The first kappa shape index (κ1) is 14.0. The van der Waals surface area contributed by atoms with Crippen LogP contribution in [0.3, 0.4) is 0 Å². The third kappa shape index (κ3) is 2.60. The molecule has 0 unspecified atom stereocenters. The first-order valence-corrected chi connectivity index (χ1v) is 7.21. The van der Waals surface area contributed by atoms with Crippen LogP contribution in [0.4, 0.5) is 10.1 Å². The van der Waals surface area contributed by atoms with Crippen molar-refractivity contribution in [1.29, 1.82) is 5.26 Å². The zero-order chi connectivity index (χ0) is 14.8. The molecular formula is C13H10FN3O2S. The van der Waals surface area contributed by atoms with Gasteiger partial charge in [-0.1, -0.05) is 12.1 Å². The molecule has 0 aliphatic heterocycles. The number of nitrogens with two attached hydrogens (primary N) is 1. The minimum absolute atomic E-state index is 0.00402. The largest absolute Gasteiger partial charge is 0.396 e. The van der Waals surface area contributed by atoms with E-state index in [0.717, 1.165) is 0 Å². The maximum Gasteiger partial charge on any atom is 0.201 e. The topological polar surface area (TPSA) is 96.8 Å². The van der Waals surface area contributed by atoms with Crippen LogP contribution in [0.5, 0.6) is 0 Å². The number of nitrogens with zero attached hydrogens (tertiary/aromatic N) is 2. The molecular weight excluding hydrogens is 281 g/mol. The number of sulfone groups is 1. The van der Waals surface area contributed by atoms with Crippen LogP contribution < -0.4 is 5.73 Å². The van der Waals surface area contributed by atoms with Gasteiger partial charge in [-0.25, -0.2) is 17.8 Å². The van der Waals surface area contributed by atoms with E-state index in [1.165, 1.54) is 36.5 Å². The number of benzene rings is 1. The van der Waals surface area contributed by atoms with Crippen LogP contribution in [0.15, 0.2) is 41.6 Å². The summed E-state index contributed by atoms with van der Waals surface area (Å²) in [5.74, 6) is -1.44. The van der Waals surface area contributed by atoms with Crippen LogP contribution in [-0.4, -0.2) is 13.4 Å². The van der Waals surface area contributed by atoms with E-state index in [0.29, 0.717) is 0 Å². The molecule has 1 aromatic carbocycles. The lowest BCUT2D eigenvalue weighted by atomic mass is 10.1. The van der Waals surface area contributed by atoms with Gasteiger partial charge in [-0.15, -0.1) is 0 Å². The molecule has 1 aromatic heterocycles. The highest BCUT2D eigenvalue weighted by Crippen LogP contribution is 2.22. The Morgan fingerprint density at radius 3 is 2.70 bits per heavy atom. The lowest BCUT2D eigenvalue weighted by Gasteiger charge is -2.07. The highest BCUT2D eigenvalue weighted by Gasteiger charge is 2.22. The van der Waals surface area contributed by atoms with E-state index in [4.69, 9.17) is 11.0 Å². The van der Waals surface area contributed by atoms with Crippen LogP contribution in [-0.2, 0) is 15.6 Å². The standard InChI is InChI=1S/C13H10FN3O2S/c14-12-9(7-15)3-1-4-10(12)8-20(18,19)13-11(16)5-2-6-17-13/h1-6H,8,16H2. The number of nitrogen functional groups attached to an aromatic ring is 1. The van der Waals surface area contributed by atoms with Crippen LogP contribution in [0.25, 0.3) is 0 Å². The third-order valence-corrected chi connectivity index (χ3v) is 4.26. The van der Waals surface area contributed by atoms with Crippen LogP contribution in [0, 0.1) is 17.1 Å². The molecule has 7 heteroatoms. The van der Waals surface area contributed by atoms with Gasteiger partial charge < -0.3 is 5.73 Å². The normalized spacial score (nSPS) is 11.0. The first-order chi connectivity index (χ1) is 9.45. The number of rotatable bonds is 3. The number of pyridine rings is 1. The fraction of sp³-hybridized carbons (Fsp3) is 0.0769. The van der Waals surface area contributed by atoms with Crippen molar-refractivity contribution in [1.82, 2.24) is 4.98 Å². The molecule has 0 atom stereocenters.